The van der Waals surface area contributed by atoms with Crippen LogP contribution in [0.5, 0.6) is 11.5 Å². The molecular formula is C20H32N2O5. The first-order valence-corrected chi connectivity index (χ1v) is 9.20. The van der Waals surface area contributed by atoms with Crippen molar-refractivity contribution < 1.29 is 23.8 Å². The summed E-state index contributed by atoms with van der Waals surface area (Å²) in [6, 6.07) is 5.65. The Morgan fingerprint density at radius 1 is 0.963 bits per heavy atom. The van der Waals surface area contributed by atoms with Gasteiger partial charge in [-0.2, -0.15) is 0 Å². The van der Waals surface area contributed by atoms with Gasteiger partial charge in [0.25, 0.3) is 0 Å². The molecule has 7 heteroatoms. The Balaban J connectivity index is 2.67. The summed E-state index contributed by atoms with van der Waals surface area (Å²) in [4.78, 5) is 28.0. The highest BCUT2D eigenvalue weighted by Gasteiger charge is 2.16. The number of amides is 1. The molecule has 0 bridgehead atoms. The standard InChI is InChI=1S/C20H32N2O5/c1-6-27-20(24)11-12-22(14-13-21(2)3)19(23)10-8-16-7-9-17(25-4)18(15-16)26-5/h7,9,15H,6,8,10-14H2,1-5H3. The van der Waals surface area contributed by atoms with E-state index in [9.17, 15) is 9.59 Å². The normalized spacial score (nSPS) is 10.6. The van der Waals surface area contributed by atoms with Crippen LogP contribution in [-0.2, 0) is 20.7 Å². The van der Waals surface area contributed by atoms with E-state index in [1.165, 1.54) is 0 Å². The molecule has 1 rings (SSSR count). The second-order valence-electron chi connectivity index (χ2n) is 6.43. The van der Waals surface area contributed by atoms with Crippen molar-refractivity contribution in [2.75, 3.05) is 54.6 Å². The Hall–Kier alpha value is -2.28. The minimum Gasteiger partial charge on any atom is -0.493 e. The first-order chi connectivity index (χ1) is 12.9. The van der Waals surface area contributed by atoms with Crippen LogP contribution in [0.25, 0.3) is 0 Å². The Morgan fingerprint density at radius 3 is 2.26 bits per heavy atom. The van der Waals surface area contributed by atoms with Crippen LogP contribution in [0.2, 0.25) is 0 Å². The van der Waals surface area contributed by atoms with Gasteiger partial charge in [0.1, 0.15) is 0 Å². The Labute approximate surface area is 162 Å². The van der Waals surface area contributed by atoms with Gasteiger partial charge < -0.3 is 24.0 Å². The summed E-state index contributed by atoms with van der Waals surface area (Å²) in [5, 5.41) is 0. The third-order valence-electron chi connectivity index (χ3n) is 4.14. The number of hydrogen-bond acceptors (Lipinski definition) is 6. The average Bonchev–Trinajstić information content (AvgIpc) is 2.65. The van der Waals surface area contributed by atoms with Crippen molar-refractivity contribution in [1.82, 2.24) is 9.80 Å². The summed E-state index contributed by atoms with van der Waals surface area (Å²) in [6.07, 6.45) is 1.17. The number of hydrogen-bond donors (Lipinski definition) is 0. The largest absolute Gasteiger partial charge is 0.493 e. The van der Waals surface area contributed by atoms with E-state index in [-0.39, 0.29) is 18.3 Å². The molecule has 1 amide bonds. The first-order valence-electron chi connectivity index (χ1n) is 9.20. The van der Waals surface area contributed by atoms with Gasteiger partial charge in [-0.25, -0.2) is 0 Å². The number of carbonyl (C=O) groups is 2. The van der Waals surface area contributed by atoms with E-state index in [2.05, 4.69) is 0 Å². The minimum atomic E-state index is -0.278. The first kappa shape index (κ1) is 22.8. The minimum absolute atomic E-state index is 0.0240. The number of carbonyl (C=O) groups excluding carboxylic acids is 2. The van der Waals surface area contributed by atoms with E-state index in [1.807, 2.05) is 37.2 Å². The summed E-state index contributed by atoms with van der Waals surface area (Å²) in [5.41, 5.74) is 0.999. The second kappa shape index (κ2) is 12.2. The fraction of sp³-hybridized carbons (Fsp3) is 0.600. The Bertz CT molecular complexity index is 604. The third kappa shape index (κ3) is 8.30. The van der Waals surface area contributed by atoms with Crippen molar-refractivity contribution in [3.05, 3.63) is 23.8 Å². The number of likely N-dealkylation sites (N-methyl/N-ethyl adjacent to an activating group) is 1. The molecule has 7 nitrogen and oxygen atoms in total. The van der Waals surface area contributed by atoms with E-state index >= 15 is 0 Å². The van der Waals surface area contributed by atoms with Gasteiger partial charge in [-0.05, 0) is 45.1 Å². The van der Waals surface area contributed by atoms with Crippen LogP contribution in [0.15, 0.2) is 18.2 Å². The monoisotopic (exact) mass is 380 g/mol. The number of esters is 1. The van der Waals surface area contributed by atoms with Gasteiger partial charge in [-0.1, -0.05) is 6.07 Å². The van der Waals surface area contributed by atoms with Crippen molar-refractivity contribution in [2.45, 2.75) is 26.2 Å². The zero-order chi connectivity index (χ0) is 20.2. The molecule has 0 spiro atoms. The van der Waals surface area contributed by atoms with E-state index in [4.69, 9.17) is 14.2 Å². The molecule has 0 fully saturated rings. The number of benzene rings is 1. The predicted molar refractivity (Wildman–Crippen MR) is 104 cm³/mol. The molecule has 0 saturated heterocycles. The van der Waals surface area contributed by atoms with Crippen LogP contribution in [0.3, 0.4) is 0 Å². The topological polar surface area (TPSA) is 68.3 Å². The maximum atomic E-state index is 12.7. The fourth-order valence-corrected chi connectivity index (χ4v) is 2.59. The van der Waals surface area contributed by atoms with E-state index in [0.29, 0.717) is 44.0 Å². The average molecular weight is 380 g/mol. The number of ether oxygens (including phenoxy) is 3. The molecule has 27 heavy (non-hydrogen) atoms. The lowest BCUT2D eigenvalue weighted by Gasteiger charge is -2.24. The summed E-state index contributed by atoms with van der Waals surface area (Å²) >= 11 is 0. The molecule has 1 aromatic rings. The van der Waals surface area contributed by atoms with Gasteiger partial charge in [0.2, 0.25) is 5.91 Å². The van der Waals surface area contributed by atoms with E-state index < -0.39 is 0 Å². The zero-order valence-electron chi connectivity index (χ0n) is 17.1. The van der Waals surface area contributed by atoms with Crippen molar-refractivity contribution >= 4 is 11.9 Å². The second-order valence-corrected chi connectivity index (χ2v) is 6.43. The zero-order valence-corrected chi connectivity index (χ0v) is 17.1. The van der Waals surface area contributed by atoms with Gasteiger partial charge in [-0.3, -0.25) is 9.59 Å². The molecule has 0 N–H and O–H groups in total. The molecule has 0 heterocycles. The summed E-state index contributed by atoms with van der Waals surface area (Å²) in [5.74, 6) is 1.06. The molecule has 0 aliphatic carbocycles. The molecular weight excluding hydrogens is 348 g/mol. The molecule has 0 aliphatic rings. The fourth-order valence-electron chi connectivity index (χ4n) is 2.59. The van der Waals surface area contributed by atoms with Gasteiger partial charge >= 0.3 is 5.97 Å². The van der Waals surface area contributed by atoms with E-state index in [1.54, 1.807) is 26.0 Å². The van der Waals surface area contributed by atoms with Crippen molar-refractivity contribution in [3.63, 3.8) is 0 Å². The van der Waals surface area contributed by atoms with Gasteiger partial charge in [0.05, 0.1) is 27.2 Å². The molecule has 0 atom stereocenters. The Morgan fingerprint density at radius 2 is 1.67 bits per heavy atom. The third-order valence-corrected chi connectivity index (χ3v) is 4.14. The van der Waals surface area contributed by atoms with Crippen LogP contribution in [-0.4, -0.2) is 76.2 Å². The Kier molecular flexibility index (Phi) is 10.3. The molecule has 1 aromatic carbocycles. The number of methoxy groups -OCH3 is 2. The SMILES string of the molecule is CCOC(=O)CCN(CCN(C)C)C(=O)CCc1ccc(OC)c(OC)c1. The molecule has 0 unspecified atom stereocenters. The molecule has 0 saturated carbocycles. The van der Waals surface area contributed by atoms with Crippen LogP contribution in [0.1, 0.15) is 25.3 Å². The highest BCUT2D eigenvalue weighted by Crippen LogP contribution is 2.28. The lowest BCUT2D eigenvalue weighted by molar-refractivity contribution is -0.144. The van der Waals surface area contributed by atoms with Crippen LogP contribution < -0.4 is 9.47 Å². The summed E-state index contributed by atoms with van der Waals surface area (Å²) in [6.45, 7) is 3.82. The predicted octanol–water partition coefficient (Wildman–Crippen LogP) is 1.98. The molecule has 152 valence electrons. The van der Waals surface area contributed by atoms with Gasteiger partial charge in [0, 0.05) is 26.1 Å². The molecule has 0 aliphatic heterocycles. The number of aryl methyl sites for hydroxylation is 1. The van der Waals surface area contributed by atoms with Crippen LogP contribution in [0.4, 0.5) is 0 Å². The molecule has 0 radical (unpaired) electrons. The number of nitrogens with zero attached hydrogens (tertiary/aromatic N) is 2. The van der Waals surface area contributed by atoms with E-state index in [0.717, 1.165) is 12.1 Å². The summed E-state index contributed by atoms with van der Waals surface area (Å²) < 4.78 is 15.5. The van der Waals surface area contributed by atoms with Gasteiger partial charge in [0.15, 0.2) is 11.5 Å². The lowest BCUT2D eigenvalue weighted by atomic mass is 10.1. The van der Waals surface area contributed by atoms with Crippen LogP contribution >= 0.6 is 0 Å². The van der Waals surface area contributed by atoms with Crippen molar-refractivity contribution in [1.29, 1.82) is 0 Å². The summed E-state index contributed by atoms with van der Waals surface area (Å²) in [7, 11) is 7.09. The highest BCUT2D eigenvalue weighted by molar-refractivity contribution is 5.77. The van der Waals surface area contributed by atoms with Crippen molar-refractivity contribution in [2.24, 2.45) is 0 Å². The quantitative estimate of drug-likeness (QED) is 0.517. The van der Waals surface area contributed by atoms with Crippen LogP contribution in [0, 0.1) is 0 Å². The van der Waals surface area contributed by atoms with Crippen molar-refractivity contribution in [3.8, 4) is 11.5 Å². The van der Waals surface area contributed by atoms with Gasteiger partial charge in [-0.15, -0.1) is 0 Å². The lowest BCUT2D eigenvalue weighted by Crippen LogP contribution is -2.38. The highest BCUT2D eigenvalue weighted by atomic mass is 16.5. The maximum Gasteiger partial charge on any atom is 0.307 e. The smallest absolute Gasteiger partial charge is 0.307 e. The number of rotatable bonds is 12. The molecule has 0 aromatic heterocycles. The maximum absolute atomic E-state index is 12.7.